The molecule has 8 nitrogen and oxygen atoms in total. The highest BCUT2D eigenvalue weighted by Gasteiger charge is 2.44. The monoisotopic (exact) mass is 441 g/mol. The zero-order valence-electron chi connectivity index (χ0n) is 17.8. The van der Waals surface area contributed by atoms with Gasteiger partial charge in [-0.15, -0.1) is 0 Å². The Morgan fingerprint density at radius 1 is 1.07 bits per heavy atom. The van der Waals surface area contributed by atoms with Crippen molar-refractivity contribution in [2.75, 3.05) is 45.9 Å². The Hall–Kier alpha value is -1.00. The molecule has 1 amide bonds. The summed E-state index contributed by atoms with van der Waals surface area (Å²) in [5, 5.41) is 3.06. The summed E-state index contributed by atoms with van der Waals surface area (Å²) < 4.78 is 40.5. The summed E-state index contributed by atoms with van der Waals surface area (Å²) in [6, 6.07) is 0. The van der Waals surface area contributed by atoms with Crippen molar-refractivity contribution in [3.05, 3.63) is 11.6 Å². The van der Waals surface area contributed by atoms with Gasteiger partial charge in [0.15, 0.2) is 5.79 Å². The molecule has 0 aromatic heterocycles. The molecular weight excluding hydrogens is 406 g/mol. The number of hydrogen-bond acceptors (Lipinski definition) is 5. The Kier molecular flexibility index (Phi) is 7.14. The molecule has 4 rings (SSSR count). The first-order chi connectivity index (χ1) is 14.5. The molecule has 0 unspecified atom stereocenters. The summed E-state index contributed by atoms with van der Waals surface area (Å²) in [7, 11) is -3.50. The Morgan fingerprint density at radius 2 is 1.73 bits per heavy atom. The van der Waals surface area contributed by atoms with E-state index in [2.05, 4.69) is 11.4 Å². The number of allylic oxidation sites excluding steroid dienone is 1. The van der Waals surface area contributed by atoms with Gasteiger partial charge in [0, 0.05) is 51.5 Å². The van der Waals surface area contributed by atoms with Crippen LogP contribution in [0.25, 0.3) is 0 Å². The van der Waals surface area contributed by atoms with Crippen LogP contribution in [-0.4, -0.2) is 74.7 Å². The van der Waals surface area contributed by atoms with Crippen LogP contribution in [0.5, 0.6) is 0 Å². The molecule has 170 valence electrons. The van der Waals surface area contributed by atoms with Crippen molar-refractivity contribution in [2.45, 2.75) is 63.6 Å². The standard InChI is InChI=1S/C21H35N3O5S/c25-20(22-11-6-18-4-2-1-3-5-18)19-7-12-23(13-8-19)30(26,27)24-14-9-21(10-15-24)28-16-17-29-21/h4,19H,1-3,5-17H2,(H,22,25). The quantitative estimate of drug-likeness (QED) is 0.635. The summed E-state index contributed by atoms with van der Waals surface area (Å²) in [6.45, 7) is 3.49. The van der Waals surface area contributed by atoms with Crippen LogP contribution in [0.15, 0.2) is 11.6 Å². The number of hydrogen-bond donors (Lipinski definition) is 1. The van der Waals surface area contributed by atoms with Crippen molar-refractivity contribution in [2.24, 2.45) is 5.92 Å². The van der Waals surface area contributed by atoms with Crippen LogP contribution >= 0.6 is 0 Å². The lowest BCUT2D eigenvalue weighted by Gasteiger charge is -2.40. The molecule has 0 aromatic rings. The van der Waals surface area contributed by atoms with Gasteiger partial charge >= 0.3 is 0 Å². The SMILES string of the molecule is O=C(NCCC1=CCCCC1)C1CCN(S(=O)(=O)N2CCC3(CC2)OCCO3)CC1. The molecule has 4 aliphatic rings. The van der Waals surface area contributed by atoms with E-state index in [4.69, 9.17) is 9.47 Å². The van der Waals surface area contributed by atoms with Crippen molar-refractivity contribution in [3.63, 3.8) is 0 Å². The molecule has 0 atom stereocenters. The molecule has 0 aromatic carbocycles. The van der Waals surface area contributed by atoms with Crippen LogP contribution in [0.4, 0.5) is 0 Å². The average Bonchev–Trinajstić information content (AvgIpc) is 3.22. The number of ether oxygens (including phenoxy) is 2. The van der Waals surface area contributed by atoms with Gasteiger partial charge < -0.3 is 14.8 Å². The Balaban J connectivity index is 1.20. The number of nitrogens with one attached hydrogen (secondary N) is 1. The van der Waals surface area contributed by atoms with Crippen molar-refractivity contribution < 1.29 is 22.7 Å². The van der Waals surface area contributed by atoms with Crippen LogP contribution < -0.4 is 5.32 Å². The Bertz CT molecular complexity index is 730. The second-order valence-corrected chi connectivity index (χ2v) is 10.8. The second kappa shape index (κ2) is 9.65. The van der Waals surface area contributed by atoms with Crippen molar-refractivity contribution in [1.82, 2.24) is 13.9 Å². The number of amides is 1. The topological polar surface area (TPSA) is 88.2 Å². The van der Waals surface area contributed by atoms with E-state index in [9.17, 15) is 13.2 Å². The number of rotatable bonds is 6. The second-order valence-electron chi connectivity index (χ2n) is 8.84. The lowest BCUT2D eigenvalue weighted by Crippen LogP contribution is -2.53. The summed E-state index contributed by atoms with van der Waals surface area (Å²) >= 11 is 0. The lowest BCUT2D eigenvalue weighted by atomic mass is 9.96. The molecule has 3 heterocycles. The van der Waals surface area contributed by atoms with Gasteiger partial charge in [-0.1, -0.05) is 11.6 Å². The molecule has 30 heavy (non-hydrogen) atoms. The van der Waals surface area contributed by atoms with E-state index in [0.717, 1.165) is 19.3 Å². The Labute approximate surface area is 180 Å². The lowest BCUT2D eigenvalue weighted by molar-refractivity contribution is -0.179. The maximum atomic E-state index is 13.0. The third-order valence-electron chi connectivity index (χ3n) is 6.91. The minimum absolute atomic E-state index is 0.0684. The molecule has 3 saturated heterocycles. The maximum absolute atomic E-state index is 13.0. The van der Waals surface area contributed by atoms with Crippen molar-refractivity contribution in [1.29, 1.82) is 0 Å². The fourth-order valence-corrected chi connectivity index (χ4v) is 6.62. The zero-order valence-corrected chi connectivity index (χ0v) is 18.6. The van der Waals surface area contributed by atoms with E-state index in [0.29, 0.717) is 71.6 Å². The highest BCUT2D eigenvalue weighted by molar-refractivity contribution is 7.86. The van der Waals surface area contributed by atoms with Crippen LogP contribution in [0.3, 0.4) is 0 Å². The number of carbonyl (C=O) groups is 1. The highest BCUT2D eigenvalue weighted by atomic mass is 32.2. The van der Waals surface area contributed by atoms with Crippen molar-refractivity contribution in [3.8, 4) is 0 Å². The van der Waals surface area contributed by atoms with E-state index in [1.165, 1.54) is 22.7 Å². The zero-order chi connectivity index (χ0) is 21.0. The Morgan fingerprint density at radius 3 is 2.37 bits per heavy atom. The fourth-order valence-electron chi connectivity index (χ4n) is 4.98. The molecule has 1 aliphatic carbocycles. The van der Waals surface area contributed by atoms with Gasteiger partial charge in [0.25, 0.3) is 10.2 Å². The van der Waals surface area contributed by atoms with Crippen LogP contribution in [0, 0.1) is 5.92 Å². The largest absolute Gasteiger partial charge is 0.356 e. The van der Waals surface area contributed by atoms with Crippen LogP contribution in [0.1, 0.15) is 57.8 Å². The highest BCUT2D eigenvalue weighted by Crippen LogP contribution is 2.33. The molecule has 0 bridgehead atoms. The molecule has 0 saturated carbocycles. The number of nitrogens with zero attached hydrogens (tertiary/aromatic N) is 2. The number of carbonyl (C=O) groups excluding carboxylic acids is 1. The summed E-state index contributed by atoms with van der Waals surface area (Å²) in [6.07, 6.45) is 10.4. The van der Waals surface area contributed by atoms with E-state index in [1.54, 1.807) is 4.31 Å². The van der Waals surface area contributed by atoms with Gasteiger partial charge in [0.2, 0.25) is 5.91 Å². The van der Waals surface area contributed by atoms with E-state index < -0.39 is 16.0 Å². The third-order valence-corrected chi connectivity index (χ3v) is 8.94. The molecule has 3 fully saturated rings. The minimum Gasteiger partial charge on any atom is -0.356 e. The van der Waals surface area contributed by atoms with E-state index >= 15 is 0 Å². The third kappa shape index (κ3) is 5.07. The molecule has 1 spiro atoms. The first-order valence-electron chi connectivity index (χ1n) is 11.5. The first-order valence-corrected chi connectivity index (χ1v) is 12.9. The minimum atomic E-state index is -3.50. The van der Waals surface area contributed by atoms with E-state index in [1.807, 2.05) is 0 Å². The van der Waals surface area contributed by atoms with Crippen LogP contribution in [0.2, 0.25) is 0 Å². The summed E-state index contributed by atoms with van der Waals surface area (Å²) in [5.41, 5.74) is 1.46. The number of piperidine rings is 2. The molecule has 0 radical (unpaired) electrons. The van der Waals surface area contributed by atoms with Crippen molar-refractivity contribution >= 4 is 16.1 Å². The van der Waals surface area contributed by atoms with Gasteiger partial charge in [0.1, 0.15) is 0 Å². The first kappa shape index (κ1) is 22.2. The van der Waals surface area contributed by atoms with E-state index in [-0.39, 0.29) is 11.8 Å². The van der Waals surface area contributed by atoms with Gasteiger partial charge in [0.05, 0.1) is 13.2 Å². The molecule has 3 aliphatic heterocycles. The normalized spacial score (nSPS) is 26.6. The van der Waals surface area contributed by atoms with Gasteiger partial charge in [-0.05, 0) is 44.9 Å². The summed E-state index contributed by atoms with van der Waals surface area (Å²) in [4.78, 5) is 12.5. The van der Waals surface area contributed by atoms with Gasteiger partial charge in [-0.3, -0.25) is 4.79 Å². The van der Waals surface area contributed by atoms with Gasteiger partial charge in [-0.2, -0.15) is 17.0 Å². The maximum Gasteiger partial charge on any atom is 0.281 e. The molecular formula is C21H35N3O5S. The van der Waals surface area contributed by atoms with Crippen LogP contribution in [-0.2, 0) is 24.5 Å². The predicted molar refractivity (Wildman–Crippen MR) is 113 cm³/mol. The smallest absolute Gasteiger partial charge is 0.281 e. The average molecular weight is 442 g/mol. The summed E-state index contributed by atoms with van der Waals surface area (Å²) in [5.74, 6) is -0.606. The molecule has 1 N–H and O–H groups in total. The van der Waals surface area contributed by atoms with Gasteiger partial charge in [-0.25, -0.2) is 0 Å². The predicted octanol–water partition coefficient (Wildman–Crippen LogP) is 1.79. The molecule has 9 heteroatoms. The fraction of sp³-hybridized carbons (Fsp3) is 0.857.